The summed E-state index contributed by atoms with van der Waals surface area (Å²) in [6.45, 7) is 4.26. The average Bonchev–Trinajstić information content (AvgIpc) is 3.00. The van der Waals surface area contributed by atoms with Gasteiger partial charge in [0.25, 0.3) is 0 Å². The molecule has 0 aliphatic heterocycles. The average molecular weight is 561 g/mol. The molecule has 41 heavy (non-hydrogen) atoms. The van der Waals surface area contributed by atoms with Crippen LogP contribution in [-0.2, 0) is 0 Å². The van der Waals surface area contributed by atoms with Crippen LogP contribution < -0.4 is 4.74 Å². The van der Waals surface area contributed by atoms with E-state index in [1.165, 1.54) is 63.5 Å². The van der Waals surface area contributed by atoms with Crippen LogP contribution in [0.2, 0.25) is 0 Å². The highest BCUT2D eigenvalue weighted by Gasteiger charge is 2.29. The Morgan fingerprint density at radius 1 is 0.707 bits per heavy atom. The van der Waals surface area contributed by atoms with E-state index in [1.54, 1.807) is 25.1 Å². The van der Waals surface area contributed by atoms with E-state index in [9.17, 15) is 8.78 Å². The normalized spacial score (nSPS) is 21.0. The van der Waals surface area contributed by atoms with Crippen molar-refractivity contribution in [2.24, 2.45) is 17.8 Å². The van der Waals surface area contributed by atoms with Gasteiger partial charge in [0.05, 0.1) is 6.61 Å². The Balaban J connectivity index is 1.21. The number of hydrogen-bond acceptors (Lipinski definition) is 1. The topological polar surface area (TPSA) is 9.23 Å². The molecule has 1 saturated carbocycles. The van der Waals surface area contributed by atoms with Crippen LogP contribution in [0.15, 0.2) is 60.7 Å². The maximum atomic E-state index is 15.3. The molecule has 1 atom stereocenters. The quantitative estimate of drug-likeness (QED) is 0.224. The van der Waals surface area contributed by atoms with Gasteiger partial charge in [0, 0.05) is 11.1 Å². The maximum Gasteiger partial charge on any atom is 0.201 e. The summed E-state index contributed by atoms with van der Waals surface area (Å²) >= 11 is 0. The lowest BCUT2D eigenvalue weighted by molar-refractivity contribution is 0.187. The molecule has 0 amide bonds. The van der Waals surface area contributed by atoms with Gasteiger partial charge in [0.15, 0.2) is 11.6 Å². The highest BCUT2D eigenvalue weighted by atomic mass is 19.2. The van der Waals surface area contributed by atoms with Crippen LogP contribution in [0.3, 0.4) is 0 Å². The van der Waals surface area contributed by atoms with Gasteiger partial charge in [-0.15, -0.1) is 0 Å². The minimum Gasteiger partial charge on any atom is -0.491 e. The van der Waals surface area contributed by atoms with Crippen LogP contribution in [-0.4, -0.2) is 6.61 Å². The lowest BCUT2D eigenvalue weighted by atomic mass is 9.70. The van der Waals surface area contributed by atoms with Gasteiger partial charge in [-0.05, 0) is 97.2 Å². The molecule has 0 aromatic heterocycles. The molecule has 218 valence electrons. The van der Waals surface area contributed by atoms with Crippen molar-refractivity contribution in [1.29, 1.82) is 0 Å². The molecule has 1 nitrogen and oxygen atoms in total. The summed E-state index contributed by atoms with van der Waals surface area (Å²) in [5.74, 6) is 0.292. The summed E-state index contributed by atoms with van der Waals surface area (Å²) in [6.07, 6.45) is 16.4. The number of hydrogen-bond donors (Lipinski definition) is 0. The fourth-order valence-corrected chi connectivity index (χ4v) is 6.98. The highest BCUT2D eigenvalue weighted by molar-refractivity contribution is 5.74. The van der Waals surface area contributed by atoms with E-state index < -0.39 is 11.6 Å². The van der Waals surface area contributed by atoms with Crippen LogP contribution >= 0.6 is 0 Å². The Labute approximate surface area is 243 Å². The third-order valence-corrected chi connectivity index (χ3v) is 9.42. The van der Waals surface area contributed by atoms with Crippen LogP contribution in [0.25, 0.3) is 27.8 Å². The first-order valence-corrected chi connectivity index (χ1v) is 15.7. The van der Waals surface area contributed by atoms with Gasteiger partial charge in [0.2, 0.25) is 5.82 Å². The number of benzene rings is 3. The summed E-state index contributed by atoms with van der Waals surface area (Å²) < 4.78 is 49.5. The monoisotopic (exact) mass is 560 g/mol. The standard InChI is InChI=1S/C37H43F3O/c1-3-5-6-7-25-8-10-26(11-9-25)27-12-16-29(17-13-27)32-21-20-31(24-34(32)38)28-14-18-30(19-15-28)33-22-23-35(41-4-2)37(40)36(33)39/h14-16,18-27H,3-13,17H2,1-2H3. The molecular formula is C37H43F3O. The SMILES string of the molecule is CCCCCC1CCC(C2CC=C(c3ccc(-c4ccc(-c5ccc(OCC)c(F)c5F)cc4)cc3F)CC2)CC1. The molecule has 3 aromatic rings. The Morgan fingerprint density at radius 2 is 1.41 bits per heavy atom. The van der Waals surface area contributed by atoms with Crippen molar-refractivity contribution in [2.75, 3.05) is 6.61 Å². The molecule has 2 aliphatic rings. The van der Waals surface area contributed by atoms with Gasteiger partial charge in [-0.3, -0.25) is 0 Å². The van der Waals surface area contributed by atoms with E-state index in [2.05, 4.69) is 13.0 Å². The van der Waals surface area contributed by atoms with Crippen molar-refractivity contribution in [1.82, 2.24) is 0 Å². The van der Waals surface area contributed by atoms with Gasteiger partial charge >= 0.3 is 0 Å². The lowest BCUT2D eigenvalue weighted by Gasteiger charge is -2.35. The summed E-state index contributed by atoms with van der Waals surface area (Å²) in [5.41, 5.74) is 4.14. The molecule has 4 heteroatoms. The summed E-state index contributed by atoms with van der Waals surface area (Å²) in [6, 6.07) is 15.5. The number of allylic oxidation sites excluding steroid dienone is 2. The first kappa shape index (κ1) is 29.5. The summed E-state index contributed by atoms with van der Waals surface area (Å²) in [4.78, 5) is 0. The first-order valence-electron chi connectivity index (χ1n) is 15.7. The molecule has 3 aromatic carbocycles. The summed E-state index contributed by atoms with van der Waals surface area (Å²) in [7, 11) is 0. The lowest BCUT2D eigenvalue weighted by Crippen LogP contribution is -2.23. The second-order valence-electron chi connectivity index (χ2n) is 12.0. The van der Waals surface area contributed by atoms with Crippen LogP contribution in [0.4, 0.5) is 13.2 Å². The number of halogens is 3. The van der Waals surface area contributed by atoms with Crippen molar-refractivity contribution in [3.05, 3.63) is 83.7 Å². The number of rotatable bonds is 10. The van der Waals surface area contributed by atoms with E-state index in [0.29, 0.717) is 11.1 Å². The zero-order chi connectivity index (χ0) is 28.8. The molecule has 5 rings (SSSR count). The second kappa shape index (κ2) is 13.8. The third-order valence-electron chi connectivity index (χ3n) is 9.42. The number of ether oxygens (including phenoxy) is 1. The van der Waals surface area contributed by atoms with Crippen LogP contribution in [0, 0.1) is 35.2 Å². The predicted molar refractivity (Wildman–Crippen MR) is 163 cm³/mol. The summed E-state index contributed by atoms with van der Waals surface area (Å²) in [5, 5.41) is 0. The Hall–Kier alpha value is -3.01. The van der Waals surface area contributed by atoms with E-state index in [0.717, 1.165) is 53.7 Å². The molecule has 1 fully saturated rings. The molecule has 0 spiro atoms. The van der Waals surface area contributed by atoms with Crippen molar-refractivity contribution in [3.63, 3.8) is 0 Å². The maximum absolute atomic E-state index is 15.3. The molecule has 0 N–H and O–H groups in total. The van der Waals surface area contributed by atoms with E-state index in [1.807, 2.05) is 24.3 Å². The Morgan fingerprint density at radius 3 is 2.07 bits per heavy atom. The van der Waals surface area contributed by atoms with Gasteiger partial charge in [-0.25, -0.2) is 8.78 Å². The third kappa shape index (κ3) is 6.90. The minimum atomic E-state index is -0.986. The van der Waals surface area contributed by atoms with Gasteiger partial charge in [-0.2, -0.15) is 4.39 Å². The van der Waals surface area contributed by atoms with Crippen LogP contribution in [0.1, 0.15) is 90.0 Å². The minimum absolute atomic E-state index is 0.0928. The zero-order valence-corrected chi connectivity index (χ0v) is 24.5. The predicted octanol–water partition coefficient (Wildman–Crippen LogP) is 11.4. The van der Waals surface area contributed by atoms with Gasteiger partial charge < -0.3 is 4.74 Å². The smallest absolute Gasteiger partial charge is 0.201 e. The molecule has 0 bridgehead atoms. The Bertz CT molecular complexity index is 1340. The van der Waals surface area contributed by atoms with Crippen molar-refractivity contribution >= 4 is 5.57 Å². The zero-order valence-electron chi connectivity index (χ0n) is 24.5. The van der Waals surface area contributed by atoms with E-state index >= 15 is 4.39 Å². The molecule has 0 radical (unpaired) electrons. The van der Waals surface area contributed by atoms with Crippen LogP contribution in [0.5, 0.6) is 5.75 Å². The molecule has 0 saturated heterocycles. The van der Waals surface area contributed by atoms with E-state index in [4.69, 9.17) is 4.74 Å². The molecule has 0 heterocycles. The number of unbranched alkanes of at least 4 members (excludes halogenated alkanes) is 2. The largest absolute Gasteiger partial charge is 0.491 e. The molecular weight excluding hydrogens is 517 g/mol. The Kier molecular flexibility index (Phi) is 9.90. The van der Waals surface area contributed by atoms with Crippen molar-refractivity contribution in [3.8, 4) is 28.0 Å². The second-order valence-corrected chi connectivity index (χ2v) is 12.0. The van der Waals surface area contributed by atoms with Crippen molar-refractivity contribution < 1.29 is 17.9 Å². The van der Waals surface area contributed by atoms with Crippen molar-refractivity contribution in [2.45, 2.75) is 84.5 Å². The fraction of sp³-hybridized carbons (Fsp3) is 0.459. The molecule has 1 unspecified atom stereocenters. The van der Waals surface area contributed by atoms with E-state index in [-0.39, 0.29) is 23.7 Å². The highest BCUT2D eigenvalue weighted by Crippen LogP contribution is 2.43. The van der Waals surface area contributed by atoms with Gasteiger partial charge in [-0.1, -0.05) is 87.9 Å². The fourth-order valence-electron chi connectivity index (χ4n) is 6.98. The molecule has 2 aliphatic carbocycles. The van der Waals surface area contributed by atoms with Gasteiger partial charge in [0.1, 0.15) is 5.82 Å². The first-order chi connectivity index (χ1) is 20.0.